The molecule has 0 unspecified atom stereocenters. The Balaban J connectivity index is 2.22. The monoisotopic (exact) mass is 447 g/mol. The topological polar surface area (TPSA) is 89.5 Å². The number of hydrogen-bond acceptors (Lipinski definition) is 4. The zero-order valence-corrected chi connectivity index (χ0v) is 15.4. The molecule has 2 rings (SSSR count). The van der Waals surface area contributed by atoms with Gasteiger partial charge in [-0.3, -0.25) is 4.72 Å². The van der Waals surface area contributed by atoms with Crippen molar-refractivity contribution in [2.75, 3.05) is 8.00 Å². The lowest BCUT2D eigenvalue weighted by atomic mass is 10.1. The number of aryl methyl sites for hydroxylation is 1. The smallest absolute Gasteiger partial charge is 0.262 e. The molecule has 0 fully saturated rings. The Kier molecular flexibility index (Phi) is 6.08. The summed E-state index contributed by atoms with van der Waals surface area (Å²) >= 11 is -1.88. The van der Waals surface area contributed by atoms with E-state index in [1.165, 1.54) is 24.3 Å². The lowest BCUT2D eigenvalue weighted by molar-refractivity contribution is 0.601. The molecule has 0 atom stereocenters. The van der Waals surface area contributed by atoms with Crippen LogP contribution in [0.3, 0.4) is 0 Å². The molecule has 0 bridgehead atoms. The van der Waals surface area contributed by atoms with Gasteiger partial charge >= 0.3 is 0 Å². The molecule has 0 heterocycles. The van der Waals surface area contributed by atoms with Gasteiger partial charge in [0.2, 0.25) is 0 Å². The van der Waals surface area contributed by atoms with Crippen LogP contribution in [0, 0.1) is 5.21 Å². The van der Waals surface area contributed by atoms with Crippen LogP contribution in [0.1, 0.15) is 18.9 Å². The van der Waals surface area contributed by atoms with Crippen molar-refractivity contribution in [2.45, 2.75) is 24.7 Å². The molecule has 0 spiro atoms. The number of nitrogens with one attached hydrogen (secondary N) is 1. The maximum atomic E-state index is 12.4. The Morgan fingerprint density at radius 2 is 1.87 bits per heavy atom. The molecule has 0 aliphatic rings. The summed E-state index contributed by atoms with van der Waals surface area (Å²) < 4.78 is 38.2. The number of halogens is 1. The second-order valence-corrected chi connectivity index (χ2v) is 7.82. The van der Waals surface area contributed by atoms with Crippen LogP contribution in [-0.2, 0) is 19.5 Å². The molecular weight excluding hydrogens is 431 g/mol. The minimum atomic E-state index is -3.73. The van der Waals surface area contributed by atoms with Gasteiger partial charge in [0.15, 0.2) is 0 Å². The molecule has 0 aliphatic carbocycles. The molecular formula is C15H16IN2O4S-. The number of nitrogens with zero attached hydrogens (tertiary/aromatic N) is 1. The fourth-order valence-electron chi connectivity index (χ4n) is 2.06. The maximum absolute atomic E-state index is 12.4. The summed E-state index contributed by atoms with van der Waals surface area (Å²) in [4.78, 5) is 0.151. The number of sulfonamides is 1. The molecule has 8 heteroatoms. The third-order valence-electron chi connectivity index (χ3n) is 3.14. The Bertz CT molecular complexity index is 778. The first-order valence-corrected chi connectivity index (χ1v) is 10.3. The van der Waals surface area contributed by atoms with Gasteiger partial charge < -0.3 is 8.48 Å². The fourth-order valence-corrected chi connectivity index (χ4v) is 3.63. The third-order valence-corrected chi connectivity index (χ3v) is 5.45. The second kappa shape index (κ2) is 7.84. The van der Waals surface area contributed by atoms with E-state index in [-0.39, 0.29) is 16.3 Å². The highest BCUT2D eigenvalue weighted by Gasteiger charge is 2.14. The predicted molar refractivity (Wildman–Crippen MR) is 98.2 cm³/mol. The normalized spacial score (nSPS) is 11.2. The number of benzene rings is 2. The molecule has 0 radical (unpaired) electrons. The Morgan fingerprint density at radius 1 is 1.17 bits per heavy atom. The van der Waals surface area contributed by atoms with E-state index in [0.29, 0.717) is 3.28 Å². The van der Waals surface area contributed by atoms with Crippen molar-refractivity contribution < 1.29 is 11.5 Å². The summed E-state index contributed by atoms with van der Waals surface area (Å²) in [7, 11) is -3.73. The molecule has 1 N–H and O–H groups in total. The highest BCUT2D eigenvalue weighted by Crippen LogP contribution is 2.25. The first-order valence-electron chi connectivity index (χ1n) is 6.92. The summed E-state index contributed by atoms with van der Waals surface area (Å²) in [5.41, 5.74) is 1.49. The van der Waals surface area contributed by atoms with Crippen molar-refractivity contribution in [2.24, 2.45) is 0 Å². The summed E-state index contributed by atoms with van der Waals surface area (Å²) in [6.07, 6.45) is 1.89. The van der Waals surface area contributed by atoms with Crippen molar-refractivity contribution in [1.82, 2.24) is 0 Å². The first-order chi connectivity index (χ1) is 11.0. The van der Waals surface area contributed by atoms with E-state index >= 15 is 0 Å². The minimum absolute atomic E-state index is 0.151. The molecule has 0 saturated carbocycles. The molecule has 2 aromatic rings. The van der Waals surface area contributed by atoms with E-state index in [1.54, 1.807) is 24.3 Å². The van der Waals surface area contributed by atoms with Crippen LogP contribution in [0.2, 0.25) is 0 Å². The Labute approximate surface area is 146 Å². The molecule has 0 aromatic heterocycles. The van der Waals surface area contributed by atoms with Crippen molar-refractivity contribution >= 4 is 42.9 Å². The lowest BCUT2D eigenvalue weighted by Crippen LogP contribution is -2.13. The van der Waals surface area contributed by atoms with E-state index in [9.17, 15) is 16.7 Å². The second-order valence-electron chi connectivity index (χ2n) is 4.86. The number of anilines is 2. The molecule has 0 aliphatic heterocycles. The van der Waals surface area contributed by atoms with Gasteiger partial charge in [0.1, 0.15) is 0 Å². The largest absolute Gasteiger partial charge is 0.748 e. The zero-order valence-electron chi connectivity index (χ0n) is 12.4. The highest BCUT2D eigenvalue weighted by atomic mass is 127. The molecule has 2 aromatic carbocycles. The van der Waals surface area contributed by atoms with E-state index < -0.39 is 31.5 Å². The lowest BCUT2D eigenvalue weighted by Gasteiger charge is -2.21. The quantitative estimate of drug-likeness (QED) is 0.394. The van der Waals surface area contributed by atoms with Gasteiger partial charge in [-0.25, -0.2) is 11.5 Å². The van der Waals surface area contributed by atoms with Gasteiger partial charge in [-0.1, -0.05) is 31.5 Å². The van der Waals surface area contributed by atoms with Crippen molar-refractivity contribution in [3.05, 3.63) is 59.3 Å². The van der Waals surface area contributed by atoms with Gasteiger partial charge in [-0.05, 0) is 42.3 Å². The van der Waals surface area contributed by atoms with E-state index in [2.05, 4.69) is 11.6 Å². The Hall–Kier alpha value is -1.52. The minimum Gasteiger partial charge on any atom is -0.748 e. The van der Waals surface area contributed by atoms with Crippen LogP contribution in [0.25, 0.3) is 0 Å². The molecule has 0 saturated heterocycles. The highest BCUT2D eigenvalue weighted by molar-refractivity contribution is 14.1. The molecule has 0 amide bonds. The number of rotatable bonds is 7. The summed E-state index contributed by atoms with van der Waals surface area (Å²) in [5.74, 6) is 0. The predicted octanol–water partition coefficient (Wildman–Crippen LogP) is 3.98. The van der Waals surface area contributed by atoms with Gasteiger partial charge in [0.25, 0.3) is 31.5 Å². The van der Waals surface area contributed by atoms with Crippen molar-refractivity contribution in [1.29, 1.82) is 0 Å². The van der Waals surface area contributed by atoms with Gasteiger partial charge in [-0.15, -0.1) is 0 Å². The van der Waals surface area contributed by atoms with E-state index in [4.69, 9.17) is 0 Å². The van der Waals surface area contributed by atoms with Gasteiger partial charge in [0.05, 0.1) is 10.6 Å². The Morgan fingerprint density at radius 3 is 2.48 bits per heavy atom. The summed E-state index contributed by atoms with van der Waals surface area (Å²) in [5, 5.41) is 11.4. The van der Waals surface area contributed by atoms with Crippen molar-refractivity contribution in [3.63, 3.8) is 0 Å². The van der Waals surface area contributed by atoms with Crippen LogP contribution in [0.15, 0.2) is 53.4 Å². The van der Waals surface area contributed by atoms with Gasteiger partial charge in [0, 0.05) is 5.69 Å². The fraction of sp³-hybridized carbons (Fsp3) is 0.200. The van der Waals surface area contributed by atoms with Gasteiger partial charge in [-0.2, -0.15) is 0 Å². The van der Waals surface area contributed by atoms with E-state index in [0.717, 1.165) is 18.4 Å². The molecule has 124 valence electrons. The van der Waals surface area contributed by atoms with Crippen LogP contribution >= 0.6 is 21.5 Å². The summed E-state index contributed by atoms with van der Waals surface area (Å²) in [6.45, 7) is 2.06. The molecule has 23 heavy (non-hydrogen) atoms. The van der Waals surface area contributed by atoms with Crippen LogP contribution in [-0.4, -0.2) is 8.42 Å². The van der Waals surface area contributed by atoms with Crippen LogP contribution in [0.4, 0.5) is 11.4 Å². The molecule has 6 nitrogen and oxygen atoms in total. The SMILES string of the molecule is CCCc1ccc(S(=O)(=O)Nc2cccc(N([O-])I=O)c2)cc1. The van der Waals surface area contributed by atoms with E-state index in [1.807, 2.05) is 0 Å². The number of hydrogen-bond donors (Lipinski definition) is 1. The standard InChI is InChI=1S/C15H16IN2O4S/c1-2-4-12-7-9-15(10-8-12)23(21,22)17-13-5-3-6-14(11-13)18(20)16-19/h3,5-11,17H,2,4H2,1H3/q-1. The third kappa shape index (κ3) is 4.72. The average Bonchev–Trinajstić information content (AvgIpc) is 2.55. The van der Waals surface area contributed by atoms with Crippen LogP contribution in [0.5, 0.6) is 0 Å². The zero-order chi connectivity index (χ0) is 16.9. The van der Waals surface area contributed by atoms with Crippen LogP contribution < -0.4 is 8.00 Å². The first kappa shape index (κ1) is 17.8. The summed E-state index contributed by atoms with van der Waals surface area (Å²) in [6, 6.07) is 12.6. The maximum Gasteiger partial charge on any atom is 0.262 e. The average molecular weight is 447 g/mol. The van der Waals surface area contributed by atoms with Crippen molar-refractivity contribution in [3.8, 4) is 0 Å².